The predicted octanol–water partition coefficient (Wildman–Crippen LogP) is 6.92. The van der Waals surface area contributed by atoms with Crippen LogP contribution in [0.5, 0.6) is 11.5 Å². The van der Waals surface area contributed by atoms with Crippen LogP contribution in [0.25, 0.3) is 0 Å². The third-order valence-electron chi connectivity index (χ3n) is 5.17. The molecule has 2 N–H and O–H groups in total. The van der Waals surface area contributed by atoms with Crippen LogP contribution in [0.1, 0.15) is 108 Å². The second-order valence-electron chi connectivity index (χ2n) is 7.48. The van der Waals surface area contributed by atoms with Crippen molar-refractivity contribution in [2.45, 2.75) is 103 Å². The molecule has 0 aromatic heterocycles. The smallest absolute Gasteiger partial charge is 0.160 e. The molecule has 26 heavy (non-hydrogen) atoms. The van der Waals surface area contributed by atoms with Crippen molar-refractivity contribution in [2.24, 2.45) is 0 Å². The number of aliphatic hydroxyl groups is 1. The Labute approximate surface area is 160 Å². The van der Waals surface area contributed by atoms with E-state index in [1.165, 1.54) is 84.2 Å². The summed E-state index contributed by atoms with van der Waals surface area (Å²) < 4.78 is 5.10. The Morgan fingerprint density at radius 1 is 0.808 bits per heavy atom. The lowest BCUT2D eigenvalue weighted by molar-refractivity contribution is 0.163. The van der Waals surface area contributed by atoms with Crippen molar-refractivity contribution in [3.05, 3.63) is 23.8 Å². The highest BCUT2D eigenvalue weighted by Gasteiger charge is 2.10. The SMILES string of the molecule is CCCCCCCCCCCCCCCC(O)c1ccc(O)c(OC)c1. The Morgan fingerprint density at radius 3 is 1.81 bits per heavy atom. The predicted molar refractivity (Wildman–Crippen MR) is 110 cm³/mol. The van der Waals surface area contributed by atoms with Crippen LogP contribution >= 0.6 is 0 Å². The molecule has 0 aliphatic rings. The second-order valence-corrected chi connectivity index (χ2v) is 7.48. The molecule has 1 rings (SSSR count). The first-order valence-corrected chi connectivity index (χ1v) is 10.7. The zero-order valence-electron chi connectivity index (χ0n) is 17.0. The lowest BCUT2D eigenvalue weighted by atomic mass is 10.0. The Hall–Kier alpha value is -1.22. The topological polar surface area (TPSA) is 49.7 Å². The third-order valence-corrected chi connectivity index (χ3v) is 5.17. The summed E-state index contributed by atoms with van der Waals surface area (Å²) in [4.78, 5) is 0. The molecular weight excluding hydrogens is 324 g/mol. The maximum Gasteiger partial charge on any atom is 0.160 e. The zero-order valence-corrected chi connectivity index (χ0v) is 17.0. The molecule has 0 saturated carbocycles. The van der Waals surface area contributed by atoms with E-state index in [-0.39, 0.29) is 5.75 Å². The van der Waals surface area contributed by atoms with Crippen LogP contribution in [0.3, 0.4) is 0 Å². The molecule has 0 spiro atoms. The minimum atomic E-state index is -0.475. The Bertz CT molecular complexity index is 459. The summed E-state index contributed by atoms with van der Waals surface area (Å²) in [6.45, 7) is 2.27. The number of phenols is 1. The highest BCUT2D eigenvalue weighted by molar-refractivity contribution is 5.42. The highest BCUT2D eigenvalue weighted by Crippen LogP contribution is 2.30. The first-order chi connectivity index (χ1) is 12.7. The molecule has 0 aliphatic heterocycles. The molecule has 0 radical (unpaired) electrons. The summed E-state index contributed by atoms with van der Waals surface area (Å²) in [7, 11) is 1.53. The molecule has 1 aromatic rings. The molecule has 1 unspecified atom stereocenters. The van der Waals surface area contributed by atoms with E-state index in [9.17, 15) is 10.2 Å². The maximum absolute atomic E-state index is 10.3. The molecule has 1 atom stereocenters. The molecule has 0 amide bonds. The number of rotatable bonds is 16. The Morgan fingerprint density at radius 2 is 1.31 bits per heavy atom. The summed E-state index contributed by atoms with van der Waals surface area (Å²) in [5, 5.41) is 19.9. The van der Waals surface area contributed by atoms with E-state index in [1.54, 1.807) is 18.2 Å². The molecule has 0 saturated heterocycles. The van der Waals surface area contributed by atoms with Crippen molar-refractivity contribution < 1.29 is 14.9 Å². The Kier molecular flexibility index (Phi) is 13.1. The maximum atomic E-state index is 10.3. The standard InChI is InChI=1S/C23H40O3/c1-3-4-5-6-7-8-9-10-11-12-13-14-15-16-21(24)20-17-18-22(25)23(19-20)26-2/h17-19,21,24-25H,3-16H2,1-2H3. The average molecular weight is 365 g/mol. The average Bonchev–Trinajstić information content (AvgIpc) is 2.65. The molecule has 0 bridgehead atoms. The summed E-state index contributed by atoms with van der Waals surface area (Å²) in [5.74, 6) is 0.538. The molecule has 1 aromatic carbocycles. The van der Waals surface area contributed by atoms with Gasteiger partial charge in [-0.15, -0.1) is 0 Å². The summed E-state index contributed by atoms with van der Waals surface area (Å²) in [6.07, 6.45) is 17.6. The molecule has 0 heterocycles. The van der Waals surface area contributed by atoms with Crippen LogP contribution in [0, 0.1) is 0 Å². The molecule has 0 fully saturated rings. The first-order valence-electron chi connectivity index (χ1n) is 10.7. The Balaban J connectivity index is 1.97. The van der Waals surface area contributed by atoms with Crippen molar-refractivity contribution in [3.8, 4) is 11.5 Å². The molecule has 0 aliphatic carbocycles. The number of aliphatic hydroxyl groups excluding tert-OH is 1. The zero-order chi connectivity index (χ0) is 19.0. The third kappa shape index (κ3) is 10.1. The summed E-state index contributed by atoms with van der Waals surface area (Å²) >= 11 is 0. The van der Waals surface area contributed by atoms with Crippen LogP contribution in [-0.2, 0) is 0 Å². The fourth-order valence-corrected chi connectivity index (χ4v) is 3.42. The largest absolute Gasteiger partial charge is 0.504 e. The number of unbranched alkanes of at least 4 members (excludes halogenated alkanes) is 12. The molecular formula is C23H40O3. The van der Waals surface area contributed by atoms with Gasteiger partial charge in [-0.2, -0.15) is 0 Å². The van der Waals surface area contributed by atoms with Crippen LogP contribution in [-0.4, -0.2) is 17.3 Å². The van der Waals surface area contributed by atoms with Gasteiger partial charge in [0.25, 0.3) is 0 Å². The van der Waals surface area contributed by atoms with Gasteiger partial charge in [0.1, 0.15) is 0 Å². The number of ether oxygens (including phenoxy) is 1. The van der Waals surface area contributed by atoms with Gasteiger partial charge in [0.2, 0.25) is 0 Å². The number of hydrogen-bond donors (Lipinski definition) is 2. The van der Waals surface area contributed by atoms with Gasteiger partial charge in [-0.3, -0.25) is 0 Å². The fraction of sp³-hybridized carbons (Fsp3) is 0.739. The van der Waals surface area contributed by atoms with Gasteiger partial charge in [-0.1, -0.05) is 96.5 Å². The normalized spacial score (nSPS) is 12.3. The monoisotopic (exact) mass is 364 g/mol. The van der Waals surface area contributed by atoms with E-state index in [1.807, 2.05) is 0 Å². The van der Waals surface area contributed by atoms with Gasteiger partial charge in [0, 0.05) is 0 Å². The van der Waals surface area contributed by atoms with Crippen LogP contribution in [0.2, 0.25) is 0 Å². The minimum absolute atomic E-state index is 0.115. The lowest BCUT2D eigenvalue weighted by Crippen LogP contribution is -1.98. The first kappa shape index (κ1) is 22.8. The van der Waals surface area contributed by atoms with Gasteiger partial charge in [-0.25, -0.2) is 0 Å². The second kappa shape index (κ2) is 14.9. The van der Waals surface area contributed by atoms with Crippen LogP contribution < -0.4 is 4.74 Å². The van der Waals surface area contributed by atoms with Crippen molar-refractivity contribution in [1.82, 2.24) is 0 Å². The molecule has 3 heteroatoms. The molecule has 150 valence electrons. The number of hydrogen-bond acceptors (Lipinski definition) is 3. The van der Waals surface area contributed by atoms with Gasteiger partial charge in [0.05, 0.1) is 13.2 Å². The van der Waals surface area contributed by atoms with Gasteiger partial charge in [-0.05, 0) is 24.1 Å². The lowest BCUT2D eigenvalue weighted by Gasteiger charge is -2.13. The number of phenolic OH excluding ortho intramolecular Hbond substituents is 1. The van der Waals surface area contributed by atoms with E-state index in [2.05, 4.69) is 6.92 Å². The summed E-state index contributed by atoms with van der Waals surface area (Å²) in [6, 6.07) is 5.08. The number of benzene rings is 1. The quantitative estimate of drug-likeness (QED) is 0.313. The van der Waals surface area contributed by atoms with E-state index >= 15 is 0 Å². The van der Waals surface area contributed by atoms with Crippen molar-refractivity contribution in [1.29, 1.82) is 0 Å². The number of methoxy groups -OCH3 is 1. The van der Waals surface area contributed by atoms with Crippen LogP contribution in [0.15, 0.2) is 18.2 Å². The summed E-state index contributed by atoms with van der Waals surface area (Å²) in [5.41, 5.74) is 0.818. The molecule has 3 nitrogen and oxygen atoms in total. The number of aromatic hydroxyl groups is 1. The van der Waals surface area contributed by atoms with E-state index in [4.69, 9.17) is 4.74 Å². The van der Waals surface area contributed by atoms with E-state index in [0.717, 1.165) is 18.4 Å². The van der Waals surface area contributed by atoms with Crippen molar-refractivity contribution >= 4 is 0 Å². The van der Waals surface area contributed by atoms with Crippen molar-refractivity contribution in [2.75, 3.05) is 7.11 Å². The fourth-order valence-electron chi connectivity index (χ4n) is 3.42. The van der Waals surface area contributed by atoms with E-state index < -0.39 is 6.10 Å². The van der Waals surface area contributed by atoms with Gasteiger partial charge >= 0.3 is 0 Å². The van der Waals surface area contributed by atoms with Gasteiger partial charge in [0.15, 0.2) is 11.5 Å². The van der Waals surface area contributed by atoms with Crippen molar-refractivity contribution in [3.63, 3.8) is 0 Å². The van der Waals surface area contributed by atoms with Gasteiger partial charge < -0.3 is 14.9 Å². The highest BCUT2D eigenvalue weighted by atomic mass is 16.5. The minimum Gasteiger partial charge on any atom is -0.504 e. The van der Waals surface area contributed by atoms with E-state index in [0.29, 0.717) is 5.75 Å². The van der Waals surface area contributed by atoms with Crippen LogP contribution in [0.4, 0.5) is 0 Å².